The lowest BCUT2D eigenvalue weighted by Gasteiger charge is -2.21. The highest BCUT2D eigenvalue weighted by Gasteiger charge is 2.31. The summed E-state index contributed by atoms with van der Waals surface area (Å²) in [6.45, 7) is 9.62. The van der Waals surface area contributed by atoms with Crippen LogP contribution in [0.5, 0.6) is 0 Å². The molecule has 0 aliphatic heterocycles. The van der Waals surface area contributed by atoms with Crippen LogP contribution in [0, 0.1) is 11.8 Å². The topological polar surface area (TPSA) is 237 Å². The monoisotopic (exact) mass is 1580 g/mol. The Labute approximate surface area is 664 Å². The molecule has 0 aromatic carbocycles. The minimum atomic E-state index is -4.97. The van der Waals surface area contributed by atoms with Crippen molar-refractivity contribution in [1.82, 2.24) is 0 Å². The van der Waals surface area contributed by atoms with Gasteiger partial charge in [0.25, 0.3) is 0 Å². The third kappa shape index (κ3) is 82.1. The number of hydrogen-bond donors (Lipinski definition) is 3. The lowest BCUT2D eigenvalue weighted by molar-refractivity contribution is -0.161. The molecule has 108 heavy (non-hydrogen) atoms. The average Bonchev–Trinajstić information content (AvgIpc) is 0.899. The number of phosphoric ester groups is 2. The molecular weight excluding hydrogens is 1400 g/mol. The molecule has 0 aromatic rings. The molecule has 0 radical (unpaired) electrons. The average molecular weight is 1580 g/mol. The van der Waals surface area contributed by atoms with E-state index in [1.165, 1.54) is 289 Å². The maximum Gasteiger partial charge on any atom is 0.472 e. The van der Waals surface area contributed by atoms with E-state index in [1.807, 2.05) is 0 Å². The molecule has 642 valence electrons. The van der Waals surface area contributed by atoms with Crippen LogP contribution in [0.4, 0.5) is 0 Å². The van der Waals surface area contributed by atoms with E-state index in [2.05, 4.69) is 41.5 Å². The maximum atomic E-state index is 13.2. The van der Waals surface area contributed by atoms with Crippen LogP contribution in [0.1, 0.15) is 478 Å². The highest BCUT2D eigenvalue weighted by molar-refractivity contribution is 7.47. The maximum absolute atomic E-state index is 13.2. The summed E-state index contributed by atoms with van der Waals surface area (Å²) < 4.78 is 68.9. The highest BCUT2D eigenvalue weighted by atomic mass is 31.2. The summed E-state index contributed by atoms with van der Waals surface area (Å²) in [4.78, 5) is 73.3. The Kier molecular flexibility index (Phi) is 78.8. The van der Waals surface area contributed by atoms with Gasteiger partial charge in [0, 0.05) is 25.7 Å². The van der Waals surface area contributed by atoms with Crippen LogP contribution in [0.3, 0.4) is 0 Å². The molecule has 3 N–H and O–H groups in total. The van der Waals surface area contributed by atoms with Crippen LogP contribution >= 0.6 is 15.6 Å². The van der Waals surface area contributed by atoms with Crippen molar-refractivity contribution in [3.63, 3.8) is 0 Å². The van der Waals surface area contributed by atoms with Gasteiger partial charge in [-0.3, -0.25) is 37.3 Å². The van der Waals surface area contributed by atoms with Gasteiger partial charge < -0.3 is 33.8 Å². The molecule has 0 fully saturated rings. The van der Waals surface area contributed by atoms with Crippen LogP contribution < -0.4 is 0 Å². The number of phosphoric acid groups is 2. The van der Waals surface area contributed by atoms with Crippen molar-refractivity contribution >= 4 is 39.5 Å². The van der Waals surface area contributed by atoms with E-state index in [0.29, 0.717) is 31.6 Å². The van der Waals surface area contributed by atoms with Crippen LogP contribution in [0.15, 0.2) is 0 Å². The number of hydrogen-bond acceptors (Lipinski definition) is 15. The van der Waals surface area contributed by atoms with Crippen molar-refractivity contribution in [2.24, 2.45) is 11.8 Å². The summed E-state index contributed by atoms with van der Waals surface area (Å²) in [6, 6.07) is 0. The Morgan fingerprint density at radius 1 is 0.250 bits per heavy atom. The van der Waals surface area contributed by atoms with Crippen molar-refractivity contribution in [3.8, 4) is 0 Å². The largest absolute Gasteiger partial charge is 0.472 e. The van der Waals surface area contributed by atoms with E-state index < -0.39 is 97.5 Å². The minimum Gasteiger partial charge on any atom is -0.462 e. The van der Waals surface area contributed by atoms with E-state index in [0.717, 1.165) is 102 Å². The molecular formula is C89H174O17P2. The van der Waals surface area contributed by atoms with Gasteiger partial charge in [0.05, 0.1) is 26.4 Å². The van der Waals surface area contributed by atoms with Gasteiger partial charge in [-0.2, -0.15) is 0 Å². The first-order chi connectivity index (χ1) is 52.4. The molecule has 0 saturated carbocycles. The fourth-order valence-corrected chi connectivity index (χ4v) is 15.5. The van der Waals surface area contributed by atoms with Gasteiger partial charge in [-0.15, -0.1) is 0 Å². The number of rotatable bonds is 88. The second-order valence-electron chi connectivity index (χ2n) is 32.9. The van der Waals surface area contributed by atoms with E-state index in [4.69, 9.17) is 37.0 Å². The van der Waals surface area contributed by atoms with Gasteiger partial charge in [-0.05, 0) is 37.5 Å². The summed E-state index contributed by atoms with van der Waals surface area (Å²) in [5.74, 6) is -0.628. The minimum absolute atomic E-state index is 0.107. The second kappa shape index (κ2) is 80.3. The number of esters is 4. The predicted molar refractivity (Wildman–Crippen MR) is 446 cm³/mol. The number of aliphatic hydroxyl groups is 1. The van der Waals surface area contributed by atoms with Gasteiger partial charge in [0.15, 0.2) is 12.2 Å². The molecule has 0 aromatic heterocycles. The molecule has 0 bridgehead atoms. The Bertz CT molecular complexity index is 2060. The quantitative estimate of drug-likeness (QED) is 0.0222. The lowest BCUT2D eigenvalue weighted by atomic mass is 10.0. The first kappa shape index (κ1) is 106. The Morgan fingerprint density at radius 2 is 0.426 bits per heavy atom. The fraction of sp³-hybridized carbons (Fsp3) is 0.955. The standard InChI is InChI=1S/C89H174O17P2/c1-7-9-11-13-15-17-19-21-23-25-27-29-31-33-35-40-44-48-52-59-65-71-86(91)99-77-84(105-88(93)73-67-61-53-49-45-41-36-34-32-30-28-26-24-22-20-18-16-14-12-10-8-2)79-103-107(95,96)101-75-83(90)76-102-108(97,98)104-80-85(78-100-87(92)72-66-60-56-55-58-64-70-82(5)6)106-89(94)74-68-62-54-50-46-42-38-37-39-43-47-51-57-63-69-81(3)4/h81-85,90H,7-80H2,1-6H3,(H,95,96)(H,97,98)/t83-,84-,85-/m1/s1. The summed E-state index contributed by atoms with van der Waals surface area (Å²) in [5, 5.41) is 10.7. The molecule has 0 amide bonds. The second-order valence-corrected chi connectivity index (χ2v) is 35.8. The molecule has 2 unspecified atom stereocenters. The highest BCUT2D eigenvalue weighted by Crippen LogP contribution is 2.45. The molecule has 19 heteroatoms. The Balaban J connectivity index is 5.20. The molecule has 17 nitrogen and oxygen atoms in total. The molecule has 0 saturated heterocycles. The smallest absolute Gasteiger partial charge is 0.462 e. The zero-order valence-corrected chi connectivity index (χ0v) is 73.0. The summed E-state index contributed by atoms with van der Waals surface area (Å²) in [6.07, 6.45) is 74.0. The van der Waals surface area contributed by atoms with E-state index in [9.17, 15) is 43.2 Å². The number of carbonyl (C=O) groups is 4. The van der Waals surface area contributed by atoms with Crippen molar-refractivity contribution in [1.29, 1.82) is 0 Å². The normalized spacial score (nSPS) is 13.8. The number of carbonyl (C=O) groups excluding carboxylic acids is 4. The van der Waals surface area contributed by atoms with Crippen molar-refractivity contribution in [2.75, 3.05) is 39.6 Å². The zero-order valence-electron chi connectivity index (χ0n) is 71.2. The number of ether oxygens (including phenoxy) is 4. The Hall–Kier alpha value is -1.94. The summed E-state index contributed by atoms with van der Waals surface area (Å²) in [7, 11) is -9.93. The Morgan fingerprint density at radius 3 is 0.630 bits per heavy atom. The van der Waals surface area contributed by atoms with Crippen molar-refractivity contribution < 1.29 is 80.2 Å². The number of unbranched alkanes of at least 4 members (excludes halogenated alkanes) is 58. The molecule has 0 heterocycles. The van der Waals surface area contributed by atoms with Gasteiger partial charge in [-0.25, -0.2) is 9.13 Å². The zero-order chi connectivity index (χ0) is 79.2. The van der Waals surface area contributed by atoms with Crippen LogP contribution in [-0.2, 0) is 65.4 Å². The van der Waals surface area contributed by atoms with Gasteiger partial charge in [0.1, 0.15) is 19.3 Å². The van der Waals surface area contributed by atoms with Crippen LogP contribution in [-0.4, -0.2) is 96.7 Å². The van der Waals surface area contributed by atoms with Gasteiger partial charge in [-0.1, -0.05) is 427 Å². The van der Waals surface area contributed by atoms with E-state index >= 15 is 0 Å². The first-order valence-electron chi connectivity index (χ1n) is 46.0. The predicted octanol–water partition coefficient (Wildman–Crippen LogP) is 27.4. The van der Waals surface area contributed by atoms with Crippen molar-refractivity contribution in [3.05, 3.63) is 0 Å². The molecule has 0 rings (SSSR count). The summed E-state index contributed by atoms with van der Waals surface area (Å²) >= 11 is 0. The summed E-state index contributed by atoms with van der Waals surface area (Å²) in [5.41, 5.74) is 0. The molecule has 0 aliphatic rings. The molecule has 0 spiro atoms. The first-order valence-corrected chi connectivity index (χ1v) is 49.0. The SMILES string of the molecule is CCCCCCCCCCCCCCCCCCCCCCCC(=O)OC[C@H](COP(=O)(O)OC[C@@H](O)COP(=O)(O)OC[C@@H](COC(=O)CCCCCCCCC(C)C)OC(=O)CCCCCCCCCCCCCCCCC(C)C)OC(=O)CCCCCCCCCCCCCCCCCCCCCCC. The fourth-order valence-electron chi connectivity index (χ4n) is 14.0. The third-order valence-corrected chi connectivity index (χ3v) is 22.9. The third-order valence-electron chi connectivity index (χ3n) is 21.0. The lowest BCUT2D eigenvalue weighted by Crippen LogP contribution is -2.30. The van der Waals surface area contributed by atoms with Crippen molar-refractivity contribution in [2.45, 2.75) is 496 Å². The molecule has 0 aliphatic carbocycles. The molecule has 5 atom stereocenters. The van der Waals surface area contributed by atoms with E-state index in [1.54, 1.807) is 0 Å². The van der Waals surface area contributed by atoms with Gasteiger partial charge in [0.2, 0.25) is 0 Å². The number of aliphatic hydroxyl groups excluding tert-OH is 1. The van der Waals surface area contributed by atoms with Crippen LogP contribution in [0.2, 0.25) is 0 Å². The van der Waals surface area contributed by atoms with Gasteiger partial charge >= 0.3 is 39.5 Å². The van der Waals surface area contributed by atoms with E-state index in [-0.39, 0.29) is 25.7 Å². The van der Waals surface area contributed by atoms with Crippen LogP contribution in [0.25, 0.3) is 0 Å².